The van der Waals surface area contributed by atoms with E-state index >= 15 is 0 Å². The van der Waals surface area contributed by atoms with Crippen molar-refractivity contribution in [3.63, 3.8) is 0 Å². The SMILES string of the molecule is O=[N+]([O-])c1ccc(N=NC(c2cccnn2)c2cccnn2)nc1. The Kier molecular flexibility index (Phi) is 4.47. The highest BCUT2D eigenvalue weighted by molar-refractivity contribution is 5.35. The fourth-order valence-corrected chi connectivity index (χ4v) is 1.85. The summed E-state index contributed by atoms with van der Waals surface area (Å²) in [5.41, 5.74) is 0.973. The zero-order valence-corrected chi connectivity index (χ0v) is 12.2. The van der Waals surface area contributed by atoms with Gasteiger partial charge in [-0.25, -0.2) is 4.98 Å². The molecule has 0 saturated carbocycles. The highest BCUT2D eigenvalue weighted by atomic mass is 16.6. The van der Waals surface area contributed by atoms with Gasteiger partial charge in [0.15, 0.2) is 11.9 Å². The molecular formula is C14H10N8O2. The van der Waals surface area contributed by atoms with Gasteiger partial charge in [0.25, 0.3) is 5.69 Å². The van der Waals surface area contributed by atoms with E-state index in [1.807, 2.05) is 0 Å². The van der Waals surface area contributed by atoms with Crippen LogP contribution in [0.4, 0.5) is 11.5 Å². The molecule has 3 rings (SSSR count). The van der Waals surface area contributed by atoms with E-state index in [1.54, 1.807) is 36.7 Å². The van der Waals surface area contributed by atoms with E-state index in [1.165, 1.54) is 12.1 Å². The van der Waals surface area contributed by atoms with Gasteiger partial charge in [-0.05, 0) is 30.3 Å². The van der Waals surface area contributed by atoms with Gasteiger partial charge >= 0.3 is 0 Å². The van der Waals surface area contributed by atoms with E-state index in [0.29, 0.717) is 11.4 Å². The molecule has 0 N–H and O–H groups in total. The molecule has 0 amide bonds. The maximum Gasteiger partial charge on any atom is 0.287 e. The second kappa shape index (κ2) is 7.05. The van der Waals surface area contributed by atoms with Gasteiger partial charge in [0.05, 0.1) is 16.3 Å². The molecule has 0 fully saturated rings. The van der Waals surface area contributed by atoms with Gasteiger partial charge in [0.2, 0.25) is 0 Å². The number of hydrogen-bond donors (Lipinski definition) is 0. The number of pyridine rings is 1. The zero-order valence-electron chi connectivity index (χ0n) is 12.2. The van der Waals surface area contributed by atoms with Crippen LogP contribution in [0.1, 0.15) is 17.4 Å². The van der Waals surface area contributed by atoms with Gasteiger partial charge < -0.3 is 0 Å². The molecule has 0 atom stereocenters. The lowest BCUT2D eigenvalue weighted by molar-refractivity contribution is -0.385. The van der Waals surface area contributed by atoms with E-state index < -0.39 is 11.0 Å². The van der Waals surface area contributed by atoms with Crippen LogP contribution in [-0.4, -0.2) is 30.3 Å². The minimum atomic E-state index is -0.607. The number of azo groups is 1. The van der Waals surface area contributed by atoms with Crippen LogP contribution < -0.4 is 0 Å². The third-order valence-electron chi connectivity index (χ3n) is 2.96. The van der Waals surface area contributed by atoms with Crippen LogP contribution >= 0.6 is 0 Å². The summed E-state index contributed by atoms with van der Waals surface area (Å²) in [6.07, 6.45) is 4.21. The smallest absolute Gasteiger partial charge is 0.258 e. The Hall–Kier alpha value is -3.69. The summed E-state index contributed by atoms with van der Waals surface area (Å²) in [4.78, 5) is 14.0. The molecule has 0 radical (unpaired) electrons. The summed E-state index contributed by atoms with van der Waals surface area (Å²) >= 11 is 0. The first kappa shape index (κ1) is 15.2. The summed E-state index contributed by atoms with van der Waals surface area (Å²) in [7, 11) is 0. The average Bonchev–Trinajstić information content (AvgIpc) is 2.64. The van der Waals surface area contributed by atoms with E-state index in [0.717, 1.165) is 6.20 Å². The first-order valence-electron chi connectivity index (χ1n) is 6.80. The van der Waals surface area contributed by atoms with Crippen molar-refractivity contribution in [2.24, 2.45) is 10.2 Å². The number of rotatable bonds is 5. The third kappa shape index (κ3) is 3.55. The summed E-state index contributed by atoms with van der Waals surface area (Å²) in [6.45, 7) is 0. The monoisotopic (exact) mass is 322 g/mol. The second-order valence-corrected chi connectivity index (χ2v) is 4.55. The van der Waals surface area contributed by atoms with Crippen molar-refractivity contribution in [3.05, 3.63) is 76.5 Å². The van der Waals surface area contributed by atoms with Crippen molar-refractivity contribution in [3.8, 4) is 0 Å². The van der Waals surface area contributed by atoms with Gasteiger partial charge in [-0.1, -0.05) is 0 Å². The van der Waals surface area contributed by atoms with Gasteiger partial charge in [0, 0.05) is 18.5 Å². The molecule has 0 bridgehead atoms. The molecule has 0 aliphatic heterocycles. The van der Waals surface area contributed by atoms with Crippen LogP contribution in [0.25, 0.3) is 0 Å². The first-order chi connectivity index (χ1) is 11.7. The van der Waals surface area contributed by atoms with E-state index in [4.69, 9.17) is 0 Å². The van der Waals surface area contributed by atoms with E-state index in [-0.39, 0.29) is 11.5 Å². The lowest BCUT2D eigenvalue weighted by Gasteiger charge is -2.08. The van der Waals surface area contributed by atoms with Crippen LogP contribution in [0.5, 0.6) is 0 Å². The lowest BCUT2D eigenvalue weighted by atomic mass is 10.1. The second-order valence-electron chi connectivity index (χ2n) is 4.55. The topological polar surface area (TPSA) is 132 Å². The van der Waals surface area contributed by atoms with Gasteiger partial charge in [-0.2, -0.15) is 25.5 Å². The molecule has 0 unspecified atom stereocenters. The Bertz CT molecular complexity index is 800. The molecule has 0 spiro atoms. The number of nitrogens with zero attached hydrogens (tertiary/aromatic N) is 8. The maximum absolute atomic E-state index is 10.6. The summed E-state index contributed by atoms with van der Waals surface area (Å²) in [5, 5.41) is 34.5. The van der Waals surface area contributed by atoms with Crippen LogP contribution in [-0.2, 0) is 0 Å². The summed E-state index contributed by atoms with van der Waals surface area (Å²) < 4.78 is 0. The van der Waals surface area contributed by atoms with Crippen molar-refractivity contribution in [2.45, 2.75) is 6.04 Å². The van der Waals surface area contributed by atoms with Crippen molar-refractivity contribution < 1.29 is 4.92 Å². The maximum atomic E-state index is 10.6. The Morgan fingerprint density at radius 2 is 1.67 bits per heavy atom. The van der Waals surface area contributed by atoms with Crippen molar-refractivity contribution in [2.75, 3.05) is 0 Å². The minimum absolute atomic E-state index is 0.117. The predicted molar refractivity (Wildman–Crippen MR) is 81.3 cm³/mol. The van der Waals surface area contributed by atoms with Crippen LogP contribution in [0.3, 0.4) is 0 Å². The highest BCUT2D eigenvalue weighted by Crippen LogP contribution is 2.24. The van der Waals surface area contributed by atoms with Crippen molar-refractivity contribution in [1.29, 1.82) is 0 Å². The average molecular weight is 322 g/mol. The number of nitro groups is 1. The first-order valence-corrected chi connectivity index (χ1v) is 6.80. The standard InChI is InChI=1S/C14H10N8O2/c23-22(24)10-5-6-13(15-9-10)20-21-14(11-3-1-7-16-18-11)12-4-2-8-17-19-12/h1-9,14H. The summed E-state index contributed by atoms with van der Waals surface area (Å²) in [6, 6.07) is 9.05. The normalized spacial score (nSPS) is 11.0. The molecule has 10 heteroatoms. The fourth-order valence-electron chi connectivity index (χ4n) is 1.85. The molecular weight excluding hydrogens is 312 g/mol. The zero-order chi connectivity index (χ0) is 16.8. The highest BCUT2D eigenvalue weighted by Gasteiger charge is 2.17. The largest absolute Gasteiger partial charge is 0.287 e. The lowest BCUT2D eigenvalue weighted by Crippen LogP contribution is -2.04. The van der Waals surface area contributed by atoms with E-state index in [9.17, 15) is 10.1 Å². The number of hydrogen-bond acceptors (Lipinski definition) is 9. The van der Waals surface area contributed by atoms with Crippen LogP contribution in [0, 0.1) is 10.1 Å². The van der Waals surface area contributed by atoms with Gasteiger partial charge in [0.1, 0.15) is 6.20 Å². The molecule has 0 aromatic carbocycles. The number of aromatic nitrogens is 5. The molecule has 3 aromatic rings. The third-order valence-corrected chi connectivity index (χ3v) is 2.96. The Balaban J connectivity index is 1.90. The molecule has 0 aliphatic carbocycles. The summed E-state index contributed by atoms with van der Waals surface area (Å²) in [5.74, 6) is 0.235. The fraction of sp³-hybridized carbons (Fsp3) is 0.0714. The van der Waals surface area contributed by atoms with Crippen LogP contribution in [0.15, 0.2) is 65.2 Å². The van der Waals surface area contributed by atoms with Crippen molar-refractivity contribution in [1.82, 2.24) is 25.4 Å². The minimum Gasteiger partial charge on any atom is -0.258 e. The van der Waals surface area contributed by atoms with Gasteiger partial charge in [-0.15, -0.1) is 5.11 Å². The molecule has 0 aliphatic rings. The van der Waals surface area contributed by atoms with E-state index in [2.05, 4.69) is 35.6 Å². The quantitative estimate of drug-likeness (QED) is 0.400. The molecule has 24 heavy (non-hydrogen) atoms. The predicted octanol–water partition coefficient (Wildman–Crippen LogP) is 2.44. The molecule has 10 nitrogen and oxygen atoms in total. The Labute approximate surface area is 135 Å². The Morgan fingerprint density at radius 3 is 2.12 bits per heavy atom. The Morgan fingerprint density at radius 1 is 1.00 bits per heavy atom. The van der Waals surface area contributed by atoms with Crippen molar-refractivity contribution >= 4 is 11.5 Å². The van der Waals surface area contributed by atoms with Gasteiger partial charge in [-0.3, -0.25) is 10.1 Å². The molecule has 118 valence electrons. The molecule has 3 heterocycles. The molecule has 0 saturated heterocycles. The molecule has 3 aromatic heterocycles. The van der Waals surface area contributed by atoms with Crippen LogP contribution in [0.2, 0.25) is 0 Å².